The molecule has 0 spiro atoms. The van der Waals surface area contributed by atoms with Crippen molar-refractivity contribution in [1.82, 2.24) is 20.2 Å². The van der Waals surface area contributed by atoms with Gasteiger partial charge in [-0.25, -0.2) is 4.98 Å². The maximum atomic E-state index is 11.9. The molecule has 3 aromatic rings. The number of nitrogens with zero attached hydrogens (tertiary/aromatic N) is 3. The van der Waals surface area contributed by atoms with Crippen LogP contribution in [0.25, 0.3) is 22.5 Å². The van der Waals surface area contributed by atoms with Crippen LogP contribution in [0.15, 0.2) is 29.4 Å². The second-order valence-corrected chi connectivity index (χ2v) is 6.08. The van der Waals surface area contributed by atoms with Gasteiger partial charge < -0.3 is 5.73 Å². The van der Waals surface area contributed by atoms with Gasteiger partial charge in [-0.15, -0.1) is 0 Å². The van der Waals surface area contributed by atoms with Crippen molar-refractivity contribution >= 4 is 17.2 Å². The lowest BCUT2D eigenvalue weighted by Gasteiger charge is -2.14. The van der Waals surface area contributed by atoms with E-state index in [-0.39, 0.29) is 5.69 Å². The van der Waals surface area contributed by atoms with Crippen LogP contribution in [0.4, 0.5) is 0 Å². The predicted molar refractivity (Wildman–Crippen MR) is 83.4 cm³/mol. The molecular formula is C15H13N5OS. The average Bonchev–Trinajstić information content (AvgIpc) is 3.02. The van der Waals surface area contributed by atoms with Crippen LogP contribution >= 0.6 is 11.3 Å². The van der Waals surface area contributed by atoms with Crippen molar-refractivity contribution in [2.75, 3.05) is 0 Å². The molecule has 1 aliphatic rings. The number of thiophene rings is 1. The molecule has 3 N–H and O–H groups in total. The van der Waals surface area contributed by atoms with E-state index in [2.05, 4.69) is 20.2 Å². The molecule has 22 heavy (non-hydrogen) atoms. The molecule has 0 aliphatic heterocycles. The summed E-state index contributed by atoms with van der Waals surface area (Å²) in [7, 11) is 0. The van der Waals surface area contributed by atoms with E-state index in [0.717, 1.165) is 35.1 Å². The maximum absolute atomic E-state index is 11.9. The fraction of sp³-hybridized carbons (Fsp3) is 0.200. The molecule has 0 aromatic carbocycles. The molecule has 1 aliphatic carbocycles. The minimum Gasteiger partial charge on any atom is -0.364 e. The molecule has 110 valence electrons. The zero-order chi connectivity index (χ0) is 15.1. The van der Waals surface area contributed by atoms with Gasteiger partial charge in [0.05, 0.1) is 0 Å². The second kappa shape index (κ2) is 5.03. The molecule has 1 fully saturated rings. The Kier molecular flexibility index (Phi) is 3.00. The van der Waals surface area contributed by atoms with E-state index >= 15 is 0 Å². The number of carbonyl (C=O) groups excluding carboxylic acids is 1. The lowest BCUT2D eigenvalue weighted by atomic mass is 9.93. The summed E-state index contributed by atoms with van der Waals surface area (Å²) in [5.41, 5.74) is 9.48. The predicted octanol–water partition coefficient (Wildman–Crippen LogP) is 2.57. The van der Waals surface area contributed by atoms with Crippen molar-refractivity contribution < 1.29 is 4.79 Å². The minimum atomic E-state index is -0.538. The van der Waals surface area contributed by atoms with E-state index in [9.17, 15) is 4.79 Å². The lowest BCUT2D eigenvalue weighted by molar-refractivity contribution is 0.0996. The van der Waals surface area contributed by atoms with Gasteiger partial charge >= 0.3 is 0 Å². The van der Waals surface area contributed by atoms with Gasteiger partial charge in [0.1, 0.15) is 12.0 Å². The normalized spacial score (nSPS) is 14.2. The highest BCUT2D eigenvalue weighted by Crippen LogP contribution is 2.47. The summed E-state index contributed by atoms with van der Waals surface area (Å²) in [5.74, 6) is 0.573. The van der Waals surface area contributed by atoms with Crippen molar-refractivity contribution in [3.05, 3.63) is 40.6 Å². The molecule has 1 saturated carbocycles. The van der Waals surface area contributed by atoms with Gasteiger partial charge in [-0.3, -0.25) is 14.9 Å². The van der Waals surface area contributed by atoms with Crippen LogP contribution in [0.5, 0.6) is 0 Å². The van der Waals surface area contributed by atoms with Crippen LogP contribution in [0.2, 0.25) is 0 Å². The number of hydrogen-bond donors (Lipinski definition) is 2. The summed E-state index contributed by atoms with van der Waals surface area (Å²) in [6, 6.07) is 1.96. The molecule has 1 amide bonds. The summed E-state index contributed by atoms with van der Waals surface area (Å²) in [6.07, 6.45) is 5.48. The molecule has 4 rings (SSSR count). The quantitative estimate of drug-likeness (QED) is 0.773. The number of nitrogens with two attached hydrogens (primary N) is 1. The molecular weight excluding hydrogens is 298 g/mol. The lowest BCUT2D eigenvalue weighted by Crippen LogP contribution is -2.16. The fourth-order valence-electron chi connectivity index (χ4n) is 2.69. The van der Waals surface area contributed by atoms with E-state index in [1.807, 2.05) is 16.8 Å². The third-order valence-electron chi connectivity index (χ3n) is 3.82. The molecule has 3 aromatic heterocycles. The topological polar surface area (TPSA) is 97.6 Å². The van der Waals surface area contributed by atoms with Crippen LogP contribution in [-0.2, 0) is 0 Å². The van der Waals surface area contributed by atoms with Gasteiger partial charge in [0, 0.05) is 17.3 Å². The fourth-order valence-corrected chi connectivity index (χ4v) is 3.33. The zero-order valence-corrected chi connectivity index (χ0v) is 12.4. The molecule has 3 heterocycles. The smallest absolute Gasteiger partial charge is 0.267 e. The van der Waals surface area contributed by atoms with Crippen molar-refractivity contribution in [2.45, 2.75) is 18.8 Å². The van der Waals surface area contributed by atoms with E-state index < -0.39 is 5.91 Å². The summed E-state index contributed by atoms with van der Waals surface area (Å²) in [5, 5.41) is 10.8. The standard InChI is InChI=1S/C15H13N5OS/c16-14(21)13-11(9-3-4-22-6-9)12(15-18-7-19-20-15)10(5-17-13)8-1-2-8/h3-8H,1-2H2,(H2,16,21)(H,18,19,20). The second-order valence-electron chi connectivity index (χ2n) is 5.30. The number of aromatic amines is 1. The SMILES string of the molecule is NC(=O)c1ncc(C2CC2)c(-c2ncn[nH]2)c1-c1ccsc1. The first-order valence-electron chi connectivity index (χ1n) is 6.96. The van der Waals surface area contributed by atoms with Gasteiger partial charge in [-0.2, -0.15) is 16.4 Å². The Morgan fingerprint density at radius 1 is 1.32 bits per heavy atom. The van der Waals surface area contributed by atoms with Crippen LogP contribution in [0, 0.1) is 0 Å². The summed E-state index contributed by atoms with van der Waals surface area (Å²) in [4.78, 5) is 20.5. The highest BCUT2D eigenvalue weighted by Gasteiger charge is 2.31. The molecule has 0 saturated heterocycles. The van der Waals surface area contributed by atoms with Crippen LogP contribution in [0.3, 0.4) is 0 Å². The number of hydrogen-bond acceptors (Lipinski definition) is 5. The van der Waals surface area contributed by atoms with Crippen LogP contribution < -0.4 is 5.73 Å². The number of aromatic nitrogens is 4. The number of amides is 1. The molecule has 6 nitrogen and oxygen atoms in total. The summed E-state index contributed by atoms with van der Waals surface area (Å²) < 4.78 is 0. The monoisotopic (exact) mass is 311 g/mol. The number of rotatable bonds is 4. The first kappa shape index (κ1) is 13.1. The molecule has 0 radical (unpaired) electrons. The molecule has 7 heteroatoms. The number of primary amides is 1. The highest BCUT2D eigenvalue weighted by molar-refractivity contribution is 7.08. The Hall–Kier alpha value is -2.54. The zero-order valence-electron chi connectivity index (χ0n) is 11.6. The first-order valence-corrected chi connectivity index (χ1v) is 7.91. The van der Waals surface area contributed by atoms with Crippen LogP contribution in [-0.4, -0.2) is 26.1 Å². The molecule has 0 bridgehead atoms. The number of carbonyl (C=O) groups is 1. The Morgan fingerprint density at radius 3 is 2.77 bits per heavy atom. The van der Waals surface area contributed by atoms with Crippen molar-refractivity contribution in [1.29, 1.82) is 0 Å². The van der Waals surface area contributed by atoms with Gasteiger partial charge in [0.15, 0.2) is 5.82 Å². The van der Waals surface area contributed by atoms with Crippen molar-refractivity contribution in [2.24, 2.45) is 5.73 Å². The Balaban J connectivity index is 2.07. The van der Waals surface area contributed by atoms with Gasteiger partial charge in [0.25, 0.3) is 5.91 Å². The Bertz CT molecular complexity index is 822. The molecule has 0 atom stereocenters. The van der Waals surface area contributed by atoms with E-state index in [4.69, 9.17) is 5.73 Å². The summed E-state index contributed by atoms with van der Waals surface area (Å²) in [6.45, 7) is 0. The third-order valence-corrected chi connectivity index (χ3v) is 4.50. The van der Waals surface area contributed by atoms with E-state index in [1.54, 1.807) is 17.5 Å². The van der Waals surface area contributed by atoms with Crippen LogP contribution in [0.1, 0.15) is 34.8 Å². The van der Waals surface area contributed by atoms with Gasteiger partial charge in [-0.05, 0) is 46.7 Å². The third kappa shape index (κ3) is 2.10. The highest BCUT2D eigenvalue weighted by atomic mass is 32.1. The Morgan fingerprint density at radius 2 is 2.18 bits per heavy atom. The maximum Gasteiger partial charge on any atom is 0.267 e. The minimum absolute atomic E-state index is 0.272. The van der Waals surface area contributed by atoms with Crippen molar-refractivity contribution in [3.8, 4) is 22.5 Å². The molecule has 0 unspecified atom stereocenters. The number of H-pyrrole nitrogens is 1. The van der Waals surface area contributed by atoms with E-state index in [0.29, 0.717) is 11.7 Å². The summed E-state index contributed by atoms with van der Waals surface area (Å²) >= 11 is 1.56. The number of pyridine rings is 1. The largest absolute Gasteiger partial charge is 0.364 e. The average molecular weight is 311 g/mol. The van der Waals surface area contributed by atoms with Gasteiger partial charge in [0.2, 0.25) is 0 Å². The van der Waals surface area contributed by atoms with E-state index in [1.165, 1.54) is 6.33 Å². The van der Waals surface area contributed by atoms with Gasteiger partial charge in [-0.1, -0.05) is 0 Å². The first-order chi connectivity index (χ1) is 10.8. The number of nitrogens with one attached hydrogen (secondary N) is 1. The Labute approximate surface area is 130 Å². The van der Waals surface area contributed by atoms with Crippen molar-refractivity contribution in [3.63, 3.8) is 0 Å².